The molecular weight excluding hydrogens is 374 g/mol. The summed E-state index contributed by atoms with van der Waals surface area (Å²) in [6, 6.07) is 0.930. The first-order valence-electron chi connectivity index (χ1n) is 10.2. The largest absolute Gasteiger partial charge is 0.508 e. The minimum atomic E-state index is -1.54. The number of phenolic OH excluding ortho intramolecular Hbond substituents is 2. The lowest BCUT2D eigenvalue weighted by Crippen LogP contribution is -2.84. The van der Waals surface area contributed by atoms with E-state index in [0.717, 1.165) is 13.1 Å². The van der Waals surface area contributed by atoms with Crippen LogP contribution in [0.4, 0.5) is 0 Å². The Bertz CT molecular complexity index is 928. The van der Waals surface area contributed by atoms with Crippen LogP contribution in [-0.2, 0) is 16.6 Å². The van der Waals surface area contributed by atoms with Gasteiger partial charge in [0, 0.05) is 42.4 Å². The summed E-state index contributed by atoms with van der Waals surface area (Å²) in [6.45, 7) is 1.69. The Labute approximate surface area is 170 Å². The maximum absolute atomic E-state index is 12.9. The number of rotatable bonds is 2. The number of carbonyl (C=O) groups is 1. The van der Waals surface area contributed by atoms with Gasteiger partial charge in [0.15, 0.2) is 29.0 Å². The van der Waals surface area contributed by atoms with Crippen molar-refractivity contribution in [2.75, 3.05) is 20.1 Å². The molecule has 6 atom stereocenters. The summed E-state index contributed by atoms with van der Waals surface area (Å²) in [5.74, 6) is 0.321. The summed E-state index contributed by atoms with van der Waals surface area (Å²) in [7, 11) is 2.13. The van der Waals surface area contributed by atoms with E-state index in [1.165, 1.54) is 18.9 Å². The first-order valence-corrected chi connectivity index (χ1v) is 10.2. The number of ketones is 1. The van der Waals surface area contributed by atoms with Crippen LogP contribution < -0.4 is 4.74 Å². The van der Waals surface area contributed by atoms with Crippen molar-refractivity contribution in [3.63, 3.8) is 0 Å². The molecule has 3 aliphatic carbocycles. The maximum atomic E-state index is 12.9. The van der Waals surface area contributed by atoms with Crippen molar-refractivity contribution < 1.29 is 34.4 Å². The van der Waals surface area contributed by atoms with E-state index in [9.17, 15) is 25.2 Å². The Morgan fingerprint density at radius 1 is 1.24 bits per heavy atom. The lowest BCUT2D eigenvalue weighted by atomic mass is 9.47. The fourth-order valence-corrected chi connectivity index (χ4v) is 7.04. The van der Waals surface area contributed by atoms with Crippen LogP contribution in [0.1, 0.15) is 36.8 Å². The van der Waals surface area contributed by atoms with Crippen LogP contribution in [0, 0.1) is 13.3 Å². The third-order valence-electron chi connectivity index (χ3n) is 8.43. The van der Waals surface area contributed by atoms with Gasteiger partial charge in [0.25, 0.3) is 0 Å². The van der Waals surface area contributed by atoms with Crippen LogP contribution in [0.3, 0.4) is 0 Å². The summed E-state index contributed by atoms with van der Waals surface area (Å²) in [4.78, 5) is 12.9. The normalized spacial score (nSPS) is 44.0. The van der Waals surface area contributed by atoms with Crippen LogP contribution in [0.5, 0.6) is 17.2 Å². The number of aromatic hydroxyl groups is 2. The highest BCUT2D eigenvalue weighted by Crippen LogP contribution is 2.67. The Morgan fingerprint density at radius 3 is 2.66 bits per heavy atom. The summed E-state index contributed by atoms with van der Waals surface area (Å²) in [5.41, 5.74) is -1.47. The van der Waals surface area contributed by atoms with E-state index in [0.29, 0.717) is 34.4 Å². The van der Waals surface area contributed by atoms with Crippen molar-refractivity contribution in [2.24, 2.45) is 5.92 Å². The molecule has 4 N–H and O–H groups in total. The van der Waals surface area contributed by atoms with E-state index >= 15 is 0 Å². The predicted octanol–water partition coefficient (Wildman–Crippen LogP) is 0.797. The Morgan fingerprint density at radius 2 is 1.97 bits per heavy atom. The number of likely N-dealkylation sites (tertiary alicyclic amines) is 1. The topological polar surface area (TPSA) is 107 Å². The van der Waals surface area contributed by atoms with Crippen molar-refractivity contribution in [2.45, 2.75) is 61.4 Å². The highest BCUT2D eigenvalue weighted by atomic mass is 16.5. The monoisotopic (exact) mass is 403 g/mol. The number of Topliss-reactive ketones (excluding diaryl/α,β-unsaturated/α-hetero) is 1. The zero-order valence-corrected chi connectivity index (χ0v) is 16.9. The fraction of sp³-hybridized carbons (Fsp3) is 0.636. The smallest absolute Gasteiger partial charge is 0.177 e. The molecular formula is C22H29NO6. The second kappa shape index (κ2) is 5.45. The molecule has 0 radical (unpaired) electrons. The summed E-state index contributed by atoms with van der Waals surface area (Å²) >= 11 is 0. The average molecular weight is 403 g/mol. The number of nitrogens with zero attached hydrogens (tertiary/aromatic N) is 1. The van der Waals surface area contributed by atoms with Gasteiger partial charge in [-0.25, -0.2) is 0 Å². The van der Waals surface area contributed by atoms with E-state index < -0.39 is 23.2 Å². The van der Waals surface area contributed by atoms with Gasteiger partial charge in [0.2, 0.25) is 0 Å². The number of hydrogen-bond acceptors (Lipinski definition) is 6. The molecule has 5 aliphatic rings. The quantitative estimate of drug-likeness (QED) is 0.430. The molecule has 6 rings (SSSR count). The first-order chi connectivity index (χ1) is 13.2. The molecule has 3 fully saturated rings. The molecule has 0 aromatic heterocycles. The first kappa shape index (κ1) is 19.2. The third kappa shape index (κ3) is 1.97. The highest BCUT2D eigenvalue weighted by molar-refractivity contribution is 5.91. The molecule has 0 amide bonds. The molecule has 2 bridgehead atoms. The van der Waals surface area contributed by atoms with Crippen molar-refractivity contribution in [1.29, 1.82) is 0 Å². The molecule has 7 heteroatoms. The van der Waals surface area contributed by atoms with Crippen molar-refractivity contribution >= 4 is 5.78 Å². The van der Waals surface area contributed by atoms with Gasteiger partial charge in [-0.05, 0) is 12.8 Å². The van der Waals surface area contributed by atoms with Crippen molar-refractivity contribution in [3.05, 3.63) is 24.6 Å². The number of phenols is 2. The van der Waals surface area contributed by atoms with Gasteiger partial charge in [-0.1, -0.05) is 0 Å². The van der Waals surface area contributed by atoms with E-state index in [1.54, 1.807) is 0 Å². The maximum Gasteiger partial charge on any atom is 0.177 e. The summed E-state index contributed by atoms with van der Waals surface area (Å²) in [5, 5.41) is 44.3. The number of hydrogen-bond donors (Lipinski definition) is 4. The molecule has 29 heavy (non-hydrogen) atoms. The van der Waals surface area contributed by atoms with E-state index in [-0.39, 0.29) is 42.9 Å². The lowest BCUT2D eigenvalue weighted by Gasteiger charge is -2.65. The number of aliphatic hydroxyl groups is 2. The molecule has 1 saturated heterocycles. The number of aliphatic hydroxyl groups excluding tert-OH is 1. The minimum absolute atomic E-state index is 0. The van der Waals surface area contributed by atoms with E-state index in [1.807, 2.05) is 0 Å². The van der Waals surface area contributed by atoms with Gasteiger partial charge in [0.1, 0.15) is 11.8 Å². The molecule has 2 heterocycles. The van der Waals surface area contributed by atoms with E-state index in [2.05, 4.69) is 7.05 Å². The van der Waals surface area contributed by atoms with Crippen LogP contribution in [0.25, 0.3) is 0 Å². The average Bonchev–Trinajstić information content (AvgIpc) is 3.35. The lowest BCUT2D eigenvalue weighted by molar-refractivity contribution is -0.951. The number of piperidine rings is 1. The second-order valence-corrected chi connectivity index (χ2v) is 9.88. The molecule has 1 aromatic carbocycles. The summed E-state index contributed by atoms with van der Waals surface area (Å²) in [6.07, 6.45) is 0.966. The Kier molecular flexibility index (Phi) is 3.60. The van der Waals surface area contributed by atoms with Crippen LogP contribution in [-0.4, -0.2) is 74.7 Å². The van der Waals surface area contributed by atoms with E-state index in [4.69, 9.17) is 4.74 Å². The minimum Gasteiger partial charge on any atom is -0.508 e. The van der Waals surface area contributed by atoms with Gasteiger partial charge in [-0.15, -0.1) is 0 Å². The number of quaternary nitrogens is 1. The Balaban J connectivity index is 0.00000181. The highest BCUT2D eigenvalue weighted by Gasteiger charge is 2.79. The molecule has 1 unspecified atom stereocenters. The van der Waals surface area contributed by atoms with Gasteiger partial charge in [-0.3, -0.25) is 4.79 Å². The molecule has 2 saturated carbocycles. The molecule has 1 spiro atoms. The van der Waals surface area contributed by atoms with Crippen LogP contribution in [0.15, 0.2) is 6.07 Å². The number of ether oxygens (including phenoxy) is 1. The SMILES string of the molecule is C[N@+]1(CC2CC2)CC[C@]23c4c5c(O)cc(O)c4O[C@H]2C(=O)CC(O)[C@@]3(O)[C@H]1C5.[CH3-]. The van der Waals surface area contributed by atoms with Gasteiger partial charge >= 0.3 is 0 Å². The summed E-state index contributed by atoms with van der Waals surface area (Å²) < 4.78 is 6.58. The van der Waals surface area contributed by atoms with Crippen LogP contribution in [0.2, 0.25) is 0 Å². The second-order valence-electron chi connectivity index (χ2n) is 9.88. The number of likely N-dealkylation sites (N-methyl/N-ethyl adjacent to an activating group) is 1. The number of carbonyl (C=O) groups excluding carboxylic acids is 1. The van der Waals surface area contributed by atoms with Gasteiger partial charge < -0.3 is 37.1 Å². The van der Waals surface area contributed by atoms with Crippen LogP contribution >= 0.6 is 0 Å². The molecule has 158 valence electrons. The van der Waals surface area contributed by atoms with Gasteiger partial charge in [-0.2, -0.15) is 0 Å². The zero-order valence-electron chi connectivity index (χ0n) is 16.9. The zero-order chi connectivity index (χ0) is 19.6. The molecule has 1 aromatic rings. The molecule has 2 aliphatic heterocycles. The third-order valence-corrected chi connectivity index (χ3v) is 8.43. The molecule has 7 nitrogen and oxygen atoms in total. The Hall–Kier alpha value is -1.83. The standard InChI is InChI=1S/C21H25NO6.CH3/c1-22(9-10-2-3-10)5-4-20-17-11-6-15(22)21(20,27)16(26)8-14(25)19(20)28-18(17)13(24)7-12(11)23;/h7,10,15-16,19,26-27H,2-6,8-9H2,1H3,(H-,23,24);1H3/q;-1/p+1/t15-,16?,19+,20+,21+,22-;/m1./s1. The van der Waals surface area contributed by atoms with Crippen molar-refractivity contribution in [3.8, 4) is 17.2 Å². The predicted molar refractivity (Wildman–Crippen MR) is 104 cm³/mol. The van der Waals surface area contributed by atoms with Gasteiger partial charge in [0.05, 0.1) is 31.7 Å². The van der Waals surface area contributed by atoms with Crippen molar-refractivity contribution in [1.82, 2.24) is 0 Å². The fourth-order valence-electron chi connectivity index (χ4n) is 7.04. The number of benzene rings is 1.